The zero-order valence-electron chi connectivity index (χ0n) is 11.3. The Morgan fingerprint density at radius 3 is 2.72 bits per heavy atom. The number of rotatable bonds is 5. The Balaban J connectivity index is 2.47. The van der Waals surface area contributed by atoms with Crippen molar-refractivity contribution in [3.05, 3.63) is 33.5 Å². The van der Waals surface area contributed by atoms with Crippen molar-refractivity contribution in [2.75, 3.05) is 6.54 Å². The van der Waals surface area contributed by atoms with E-state index in [0.29, 0.717) is 0 Å². The molecular formula is C15H20BrNO. The van der Waals surface area contributed by atoms with Gasteiger partial charge in [0.05, 0.1) is 6.54 Å². The van der Waals surface area contributed by atoms with Crippen LogP contribution in [-0.2, 0) is 13.0 Å². The van der Waals surface area contributed by atoms with E-state index in [2.05, 4.69) is 54.2 Å². The lowest BCUT2D eigenvalue weighted by Crippen LogP contribution is -2.14. The second-order valence-electron chi connectivity index (χ2n) is 4.60. The maximum absolute atomic E-state index is 6.06. The van der Waals surface area contributed by atoms with E-state index in [-0.39, 0.29) is 0 Å². The van der Waals surface area contributed by atoms with Gasteiger partial charge in [-0.05, 0) is 37.9 Å². The minimum atomic E-state index is 0.817. The quantitative estimate of drug-likeness (QED) is 0.819. The van der Waals surface area contributed by atoms with E-state index in [1.54, 1.807) is 0 Å². The van der Waals surface area contributed by atoms with Gasteiger partial charge in [-0.15, -0.1) is 0 Å². The van der Waals surface area contributed by atoms with Gasteiger partial charge in [0.2, 0.25) is 0 Å². The molecule has 98 valence electrons. The summed E-state index contributed by atoms with van der Waals surface area (Å²) < 4.78 is 7.19. The van der Waals surface area contributed by atoms with Crippen LogP contribution in [0.2, 0.25) is 0 Å². The minimum Gasteiger partial charge on any atom is -0.459 e. The van der Waals surface area contributed by atoms with Crippen LogP contribution in [-0.4, -0.2) is 6.54 Å². The van der Waals surface area contributed by atoms with Crippen molar-refractivity contribution in [2.45, 2.75) is 40.2 Å². The van der Waals surface area contributed by atoms with E-state index >= 15 is 0 Å². The van der Waals surface area contributed by atoms with Crippen LogP contribution < -0.4 is 5.32 Å². The molecule has 18 heavy (non-hydrogen) atoms. The second kappa shape index (κ2) is 5.89. The summed E-state index contributed by atoms with van der Waals surface area (Å²) >= 11 is 3.64. The summed E-state index contributed by atoms with van der Waals surface area (Å²) in [6.45, 7) is 8.30. The Morgan fingerprint density at radius 2 is 2.06 bits per heavy atom. The van der Waals surface area contributed by atoms with Crippen molar-refractivity contribution in [1.82, 2.24) is 5.32 Å². The van der Waals surface area contributed by atoms with Crippen molar-refractivity contribution < 1.29 is 4.42 Å². The maximum atomic E-state index is 6.06. The summed E-state index contributed by atoms with van der Waals surface area (Å²) in [6, 6.07) is 4.20. The first kappa shape index (κ1) is 13.6. The zero-order chi connectivity index (χ0) is 13.1. The number of benzene rings is 1. The molecular weight excluding hydrogens is 290 g/mol. The van der Waals surface area contributed by atoms with Gasteiger partial charge in [-0.25, -0.2) is 0 Å². The lowest BCUT2D eigenvalue weighted by molar-refractivity contribution is 0.507. The Morgan fingerprint density at radius 1 is 1.28 bits per heavy atom. The first-order valence-electron chi connectivity index (χ1n) is 6.59. The number of hydrogen-bond donors (Lipinski definition) is 1. The zero-order valence-corrected chi connectivity index (χ0v) is 12.9. The third-order valence-corrected chi connectivity index (χ3v) is 3.89. The molecule has 0 unspecified atom stereocenters. The van der Waals surface area contributed by atoms with Gasteiger partial charge < -0.3 is 9.73 Å². The highest BCUT2D eigenvalue weighted by molar-refractivity contribution is 9.10. The van der Waals surface area contributed by atoms with E-state index in [9.17, 15) is 0 Å². The third-order valence-electron chi connectivity index (χ3n) is 3.23. The van der Waals surface area contributed by atoms with Gasteiger partial charge in [-0.2, -0.15) is 0 Å². The molecule has 2 aromatic rings. The summed E-state index contributed by atoms with van der Waals surface area (Å²) in [5, 5.41) is 4.66. The van der Waals surface area contributed by atoms with Crippen LogP contribution in [0.1, 0.15) is 37.2 Å². The Hall–Kier alpha value is -0.800. The molecule has 0 amide bonds. The van der Waals surface area contributed by atoms with E-state index in [1.165, 1.54) is 16.5 Å². The molecule has 0 bridgehead atoms. The van der Waals surface area contributed by atoms with Crippen molar-refractivity contribution >= 4 is 26.9 Å². The monoisotopic (exact) mass is 309 g/mol. The van der Waals surface area contributed by atoms with Crippen molar-refractivity contribution in [1.29, 1.82) is 0 Å². The van der Waals surface area contributed by atoms with E-state index in [0.717, 1.165) is 41.7 Å². The Kier molecular flexibility index (Phi) is 4.46. The first-order valence-corrected chi connectivity index (χ1v) is 7.38. The Labute approximate surface area is 117 Å². The number of furan rings is 1. The summed E-state index contributed by atoms with van der Waals surface area (Å²) in [6.07, 6.45) is 2.14. The third kappa shape index (κ3) is 2.47. The van der Waals surface area contributed by atoms with E-state index < -0.39 is 0 Å². The molecule has 0 aliphatic rings. The second-order valence-corrected chi connectivity index (χ2v) is 5.46. The van der Waals surface area contributed by atoms with Gasteiger partial charge in [0, 0.05) is 15.4 Å². The SMILES string of the molecule is CCCNCc1oc2c(C)ccc(Br)c2c1CC. The normalized spacial score (nSPS) is 11.3. The lowest BCUT2D eigenvalue weighted by atomic mass is 10.1. The molecule has 0 fully saturated rings. The van der Waals surface area contributed by atoms with Crippen molar-refractivity contribution in [2.24, 2.45) is 0 Å². The average molecular weight is 310 g/mol. The molecule has 1 aromatic carbocycles. The van der Waals surface area contributed by atoms with E-state index in [4.69, 9.17) is 4.42 Å². The summed E-state index contributed by atoms with van der Waals surface area (Å²) in [5.41, 5.74) is 3.54. The number of fused-ring (bicyclic) bond motifs is 1. The summed E-state index contributed by atoms with van der Waals surface area (Å²) in [5.74, 6) is 1.08. The highest BCUT2D eigenvalue weighted by Gasteiger charge is 2.16. The van der Waals surface area contributed by atoms with Gasteiger partial charge in [0.25, 0.3) is 0 Å². The largest absolute Gasteiger partial charge is 0.459 e. The van der Waals surface area contributed by atoms with Gasteiger partial charge in [0.15, 0.2) is 0 Å². The fraction of sp³-hybridized carbons (Fsp3) is 0.467. The van der Waals surface area contributed by atoms with Gasteiger partial charge in [0.1, 0.15) is 11.3 Å². The van der Waals surface area contributed by atoms with Crippen LogP contribution in [0, 0.1) is 6.92 Å². The highest BCUT2D eigenvalue weighted by atomic mass is 79.9. The van der Waals surface area contributed by atoms with Crippen molar-refractivity contribution in [3.63, 3.8) is 0 Å². The molecule has 1 N–H and O–H groups in total. The fourth-order valence-electron chi connectivity index (χ4n) is 2.30. The summed E-state index contributed by atoms with van der Waals surface area (Å²) in [4.78, 5) is 0. The number of aryl methyl sites for hydroxylation is 2. The number of nitrogens with one attached hydrogen (secondary N) is 1. The first-order chi connectivity index (χ1) is 8.69. The van der Waals surface area contributed by atoms with Gasteiger partial charge in [-0.1, -0.05) is 35.8 Å². The van der Waals surface area contributed by atoms with Crippen LogP contribution in [0.15, 0.2) is 21.0 Å². The maximum Gasteiger partial charge on any atom is 0.138 e. The molecule has 0 spiro atoms. The molecule has 2 nitrogen and oxygen atoms in total. The topological polar surface area (TPSA) is 25.2 Å². The molecule has 0 saturated carbocycles. The minimum absolute atomic E-state index is 0.817. The fourth-order valence-corrected chi connectivity index (χ4v) is 2.85. The van der Waals surface area contributed by atoms with E-state index in [1.807, 2.05) is 0 Å². The van der Waals surface area contributed by atoms with Crippen LogP contribution >= 0.6 is 15.9 Å². The van der Waals surface area contributed by atoms with Crippen LogP contribution in [0.5, 0.6) is 0 Å². The standard InChI is InChI=1S/C15H20BrNO/c1-4-8-17-9-13-11(5-2)14-12(16)7-6-10(3)15(14)18-13/h6-7,17H,4-5,8-9H2,1-3H3. The number of hydrogen-bond acceptors (Lipinski definition) is 2. The average Bonchev–Trinajstić information content (AvgIpc) is 2.74. The smallest absolute Gasteiger partial charge is 0.138 e. The predicted octanol–water partition coefficient (Wildman–Crippen LogP) is 4.57. The van der Waals surface area contributed by atoms with Crippen LogP contribution in [0.4, 0.5) is 0 Å². The molecule has 1 aromatic heterocycles. The molecule has 0 atom stereocenters. The molecule has 0 radical (unpaired) electrons. The summed E-state index contributed by atoms with van der Waals surface area (Å²) in [7, 11) is 0. The molecule has 0 saturated heterocycles. The van der Waals surface area contributed by atoms with Gasteiger partial charge in [-0.3, -0.25) is 0 Å². The van der Waals surface area contributed by atoms with Crippen LogP contribution in [0.25, 0.3) is 11.0 Å². The van der Waals surface area contributed by atoms with Crippen molar-refractivity contribution in [3.8, 4) is 0 Å². The predicted molar refractivity (Wildman–Crippen MR) is 80.0 cm³/mol. The molecule has 0 aliphatic carbocycles. The molecule has 3 heteroatoms. The highest BCUT2D eigenvalue weighted by Crippen LogP contribution is 2.34. The Bertz CT molecular complexity index is 545. The molecule has 2 rings (SSSR count). The lowest BCUT2D eigenvalue weighted by Gasteiger charge is -2.02. The molecule has 1 heterocycles. The van der Waals surface area contributed by atoms with Gasteiger partial charge >= 0.3 is 0 Å². The number of halogens is 1. The van der Waals surface area contributed by atoms with Crippen LogP contribution in [0.3, 0.4) is 0 Å². The molecule has 0 aliphatic heterocycles.